The maximum absolute atomic E-state index is 16.6. The van der Waals surface area contributed by atoms with Gasteiger partial charge in [-0.3, -0.25) is 19.1 Å². The molecule has 13 nitrogen and oxygen atoms in total. The number of hydrogen-bond donors (Lipinski definition) is 3. The molecule has 304 valence electrons. The second-order valence-electron chi connectivity index (χ2n) is 17.0. The van der Waals surface area contributed by atoms with Gasteiger partial charge in [0.25, 0.3) is 11.8 Å². The van der Waals surface area contributed by atoms with Crippen molar-refractivity contribution in [2.75, 3.05) is 13.2 Å². The topological polar surface area (TPSA) is 173 Å². The summed E-state index contributed by atoms with van der Waals surface area (Å²) in [5, 5.41) is 5.74. The number of amides is 4. The molecule has 5 aliphatic rings. The lowest BCUT2D eigenvalue weighted by atomic mass is 9.65. The quantitative estimate of drug-likeness (QED) is 0.328. The van der Waals surface area contributed by atoms with E-state index in [0.717, 1.165) is 6.42 Å². The first-order valence-electron chi connectivity index (χ1n) is 19.7. The summed E-state index contributed by atoms with van der Waals surface area (Å²) in [6.45, 7) is 6.52. The average molecular weight is 800 g/mol. The summed E-state index contributed by atoms with van der Waals surface area (Å²) in [5.74, 6) is -6.52. The zero-order chi connectivity index (χ0) is 40.3. The molecule has 3 N–H and O–H groups in total. The van der Waals surface area contributed by atoms with Gasteiger partial charge in [0.2, 0.25) is 21.8 Å². The molecule has 16 heteroatoms. The molecule has 4 amide bonds. The van der Waals surface area contributed by atoms with Crippen LogP contribution in [0.3, 0.4) is 0 Å². The van der Waals surface area contributed by atoms with Gasteiger partial charge in [0, 0.05) is 17.7 Å². The van der Waals surface area contributed by atoms with Crippen LogP contribution in [0.5, 0.6) is 5.75 Å². The summed E-state index contributed by atoms with van der Waals surface area (Å²) in [5.41, 5.74) is -3.17. The van der Waals surface area contributed by atoms with Gasteiger partial charge >= 0.3 is 6.09 Å². The van der Waals surface area contributed by atoms with Crippen LogP contribution in [-0.2, 0) is 35.1 Å². The molecule has 4 heterocycles. The summed E-state index contributed by atoms with van der Waals surface area (Å²) >= 11 is 0. The fourth-order valence-electron chi connectivity index (χ4n) is 8.54. The molecule has 3 fully saturated rings. The number of carbonyl (C=O) groups is 4. The SMILES string of the molecule is Cc1nc2ccccc2c2c1OC1(CC3C(=O)NC4(C(=O)NS(=O)(=O)C5(C)CC5)CCC4C=CCCCCCC(NC(=O)OCC(C)C)C(=O)N3C1)CC2(F)F. The normalized spacial score (nSPS) is 29.8. The van der Waals surface area contributed by atoms with Crippen LogP contribution in [0.2, 0.25) is 0 Å². The Labute approximate surface area is 325 Å². The Bertz CT molecular complexity index is 2070. The van der Waals surface area contributed by atoms with Crippen molar-refractivity contribution in [1.29, 1.82) is 0 Å². The van der Waals surface area contributed by atoms with Gasteiger partial charge in [0.1, 0.15) is 23.2 Å². The number of alkyl halides is 2. The Morgan fingerprint density at radius 2 is 1.86 bits per heavy atom. The van der Waals surface area contributed by atoms with Crippen molar-refractivity contribution in [3.05, 3.63) is 47.7 Å². The van der Waals surface area contributed by atoms with Gasteiger partial charge in [-0.25, -0.2) is 27.0 Å². The first-order chi connectivity index (χ1) is 26.4. The van der Waals surface area contributed by atoms with Crippen molar-refractivity contribution in [2.45, 2.75) is 132 Å². The van der Waals surface area contributed by atoms with E-state index in [-0.39, 0.29) is 54.2 Å². The zero-order valence-electron chi connectivity index (χ0n) is 32.3. The van der Waals surface area contributed by atoms with E-state index in [2.05, 4.69) is 20.3 Å². The highest BCUT2D eigenvalue weighted by molar-refractivity contribution is 7.91. The van der Waals surface area contributed by atoms with Gasteiger partial charge in [-0.05, 0) is 70.8 Å². The predicted octanol–water partition coefficient (Wildman–Crippen LogP) is 5.29. The minimum atomic E-state index is -4.09. The number of benzene rings is 1. The van der Waals surface area contributed by atoms with Crippen molar-refractivity contribution < 1.29 is 45.9 Å². The van der Waals surface area contributed by atoms with E-state index in [9.17, 15) is 27.6 Å². The molecule has 3 aliphatic heterocycles. The van der Waals surface area contributed by atoms with Crippen molar-refractivity contribution in [3.63, 3.8) is 0 Å². The van der Waals surface area contributed by atoms with Crippen LogP contribution in [0.15, 0.2) is 36.4 Å². The third-order valence-corrected chi connectivity index (χ3v) is 14.3. The monoisotopic (exact) mass is 799 g/mol. The number of para-hydroxylation sites is 1. The Balaban J connectivity index is 1.27. The Hall–Kier alpha value is -4.34. The lowest BCUT2D eigenvalue weighted by Gasteiger charge is -2.48. The van der Waals surface area contributed by atoms with E-state index in [1.54, 1.807) is 38.1 Å². The molecule has 5 atom stereocenters. The molecular weight excluding hydrogens is 749 g/mol. The fraction of sp³-hybridized carbons (Fsp3) is 0.625. The van der Waals surface area contributed by atoms with Gasteiger partial charge in [-0.1, -0.05) is 57.0 Å². The minimum Gasteiger partial charge on any atom is -0.483 e. The molecule has 2 saturated carbocycles. The highest BCUT2D eigenvalue weighted by Gasteiger charge is 2.62. The maximum atomic E-state index is 16.6. The third-order valence-electron chi connectivity index (χ3n) is 12.2. The summed E-state index contributed by atoms with van der Waals surface area (Å²) in [7, 11) is -4.09. The number of fused-ring (bicyclic) bond motifs is 5. The van der Waals surface area contributed by atoms with Crippen LogP contribution < -0.4 is 20.1 Å². The summed E-state index contributed by atoms with van der Waals surface area (Å²) < 4.78 is 72.9. The van der Waals surface area contributed by atoms with Crippen LogP contribution in [0.1, 0.15) is 103 Å². The van der Waals surface area contributed by atoms with Gasteiger partial charge in [-0.2, -0.15) is 0 Å². The van der Waals surface area contributed by atoms with Crippen molar-refractivity contribution >= 4 is 44.7 Å². The molecule has 1 spiro atoms. The number of aryl methyl sites for hydroxylation is 1. The summed E-state index contributed by atoms with van der Waals surface area (Å²) in [6.07, 6.45) is 5.80. The number of halogens is 2. The van der Waals surface area contributed by atoms with E-state index in [0.29, 0.717) is 44.0 Å². The van der Waals surface area contributed by atoms with E-state index >= 15 is 8.78 Å². The standard InChI is InChI=1S/C40H51F2N5O8S/c1-24(2)21-54-36(51)44-29-15-9-7-5-6-8-12-26-16-17-39(26,35(50)46-56(52,53)37(4)18-19-37)45-33(48)30-20-38(23-47(30)34(29)49)22-40(41,42)31-27-13-10-11-14-28(27)43-25(3)32(31)55-38/h8,10-14,24,26,29-30H,5-7,9,15-23H2,1-4H3,(H,44,51)(H,45,48)(H,46,50). The smallest absolute Gasteiger partial charge is 0.407 e. The number of nitrogens with one attached hydrogen (secondary N) is 3. The van der Waals surface area contributed by atoms with Crippen LogP contribution in [0.4, 0.5) is 13.6 Å². The van der Waals surface area contributed by atoms with Crippen LogP contribution in [0, 0.1) is 18.8 Å². The average Bonchev–Trinajstić information content (AvgIpc) is 3.79. The Morgan fingerprint density at radius 1 is 1.11 bits per heavy atom. The highest BCUT2D eigenvalue weighted by Crippen LogP contribution is 2.54. The number of allylic oxidation sites excluding steroid dienone is 1. The Morgan fingerprint density at radius 3 is 2.55 bits per heavy atom. The highest BCUT2D eigenvalue weighted by atomic mass is 32.2. The van der Waals surface area contributed by atoms with Crippen molar-refractivity contribution in [2.24, 2.45) is 11.8 Å². The predicted molar refractivity (Wildman–Crippen MR) is 202 cm³/mol. The minimum absolute atomic E-state index is 0.0222. The number of pyridine rings is 1. The van der Waals surface area contributed by atoms with E-state index in [4.69, 9.17) is 9.47 Å². The summed E-state index contributed by atoms with van der Waals surface area (Å²) in [6, 6.07) is 3.95. The first kappa shape index (κ1) is 39.9. The molecule has 0 bridgehead atoms. The van der Waals surface area contributed by atoms with Crippen molar-refractivity contribution in [1.82, 2.24) is 25.2 Å². The number of sulfonamides is 1. The molecule has 5 unspecified atom stereocenters. The molecule has 0 radical (unpaired) electrons. The fourth-order valence-corrected chi connectivity index (χ4v) is 9.85. The molecule has 56 heavy (non-hydrogen) atoms. The van der Waals surface area contributed by atoms with Gasteiger partial charge in [0.05, 0.1) is 41.1 Å². The van der Waals surface area contributed by atoms with Crippen molar-refractivity contribution in [3.8, 4) is 5.75 Å². The van der Waals surface area contributed by atoms with Gasteiger partial charge in [-0.15, -0.1) is 0 Å². The zero-order valence-corrected chi connectivity index (χ0v) is 33.1. The molecule has 1 aromatic carbocycles. The number of nitrogens with zero attached hydrogens (tertiary/aromatic N) is 2. The molecule has 2 aromatic rings. The first-order valence-corrected chi connectivity index (χ1v) is 21.1. The second kappa shape index (κ2) is 14.6. The van der Waals surface area contributed by atoms with Gasteiger partial charge in [0.15, 0.2) is 5.75 Å². The van der Waals surface area contributed by atoms with E-state index < -0.39 is 86.6 Å². The number of ether oxygens (including phenoxy) is 2. The second-order valence-corrected chi connectivity index (χ2v) is 19.2. The number of aromatic nitrogens is 1. The van der Waals surface area contributed by atoms with E-state index in [1.807, 2.05) is 26.0 Å². The number of alkyl carbamates (subject to hydrolysis) is 1. The molecule has 7 rings (SSSR count). The lowest BCUT2D eigenvalue weighted by Crippen LogP contribution is -2.70. The largest absolute Gasteiger partial charge is 0.483 e. The lowest BCUT2D eigenvalue weighted by molar-refractivity contribution is -0.145. The number of carbonyl (C=O) groups excluding carboxylic acids is 4. The maximum Gasteiger partial charge on any atom is 0.407 e. The van der Waals surface area contributed by atoms with Crippen LogP contribution in [0.25, 0.3) is 10.9 Å². The molecule has 1 saturated heterocycles. The van der Waals surface area contributed by atoms with Gasteiger partial charge < -0.3 is 25.0 Å². The van der Waals surface area contributed by atoms with Crippen LogP contribution >= 0.6 is 0 Å². The van der Waals surface area contributed by atoms with Crippen LogP contribution in [-0.4, -0.2) is 83.2 Å². The molecular formula is C40H51F2N5O8S. The summed E-state index contributed by atoms with van der Waals surface area (Å²) in [4.78, 5) is 62.2. The molecule has 2 aliphatic carbocycles. The third kappa shape index (κ3) is 7.33. The Kier molecular flexibility index (Phi) is 10.4. The number of hydrogen-bond acceptors (Lipinski definition) is 9. The molecule has 1 aromatic heterocycles. The number of rotatable bonds is 6. The van der Waals surface area contributed by atoms with E-state index in [1.165, 1.54) is 4.90 Å².